The van der Waals surface area contributed by atoms with Crippen LogP contribution < -0.4 is 4.90 Å². The molecule has 1 saturated carbocycles. The Morgan fingerprint density at radius 2 is 2.00 bits per heavy atom. The van der Waals surface area contributed by atoms with Gasteiger partial charge in [0.25, 0.3) is 0 Å². The van der Waals surface area contributed by atoms with Crippen LogP contribution in [-0.4, -0.2) is 24.2 Å². The first-order valence-electron chi connectivity index (χ1n) is 5.99. The van der Waals surface area contributed by atoms with Crippen molar-refractivity contribution in [2.45, 2.75) is 12.8 Å². The number of aliphatic carboxylic acids is 1. The lowest BCUT2D eigenvalue weighted by Crippen LogP contribution is -2.31. The van der Waals surface area contributed by atoms with Crippen LogP contribution in [0.2, 0.25) is 0 Å². The topological polar surface area (TPSA) is 49.3 Å². The normalized spacial score (nSPS) is 13.4. The monoisotopic (exact) mass is 255 g/mol. The van der Waals surface area contributed by atoms with Gasteiger partial charge in [0, 0.05) is 12.2 Å². The third-order valence-corrected chi connectivity index (χ3v) is 3.07. The van der Waals surface area contributed by atoms with Gasteiger partial charge in [0.2, 0.25) is 0 Å². The van der Waals surface area contributed by atoms with E-state index in [1.54, 1.807) is 23.1 Å². The van der Waals surface area contributed by atoms with Crippen LogP contribution in [0.4, 0.5) is 17.1 Å². The molecule has 5 nitrogen and oxygen atoms in total. The molecule has 0 aromatic heterocycles. The van der Waals surface area contributed by atoms with Crippen LogP contribution in [-0.2, 0) is 4.79 Å². The van der Waals surface area contributed by atoms with E-state index in [0.717, 1.165) is 12.8 Å². The maximum absolute atomic E-state index is 10.9. The van der Waals surface area contributed by atoms with E-state index < -0.39 is 5.97 Å². The van der Waals surface area contributed by atoms with Crippen LogP contribution in [0.25, 0.3) is 9.69 Å². The molecule has 0 radical (unpaired) electrons. The summed E-state index contributed by atoms with van der Waals surface area (Å²) in [5, 5.41) is 8.96. The van der Waals surface area contributed by atoms with Crippen LogP contribution >= 0.6 is 0 Å². The van der Waals surface area contributed by atoms with E-state index in [1.165, 1.54) is 0 Å². The minimum Gasteiger partial charge on any atom is -0.480 e. The Bertz CT molecular complexity index is 579. The third kappa shape index (κ3) is 3.23. The molecule has 1 aromatic carbocycles. The van der Waals surface area contributed by atoms with Crippen LogP contribution in [0.5, 0.6) is 0 Å². The molecule has 1 aromatic rings. The Labute approximate surface area is 111 Å². The molecule has 0 spiro atoms. The number of carbonyl (C=O) groups is 1. The van der Waals surface area contributed by atoms with E-state index in [0.29, 0.717) is 23.8 Å². The van der Waals surface area contributed by atoms with Crippen LogP contribution in [0.15, 0.2) is 18.2 Å². The van der Waals surface area contributed by atoms with Gasteiger partial charge in [0.15, 0.2) is 11.4 Å². The Balaban J connectivity index is 2.27. The Morgan fingerprint density at radius 1 is 1.32 bits per heavy atom. The number of hydrogen-bond acceptors (Lipinski definition) is 2. The van der Waals surface area contributed by atoms with E-state index in [4.69, 9.17) is 18.3 Å². The van der Waals surface area contributed by atoms with Crippen LogP contribution in [0.1, 0.15) is 12.8 Å². The average molecular weight is 255 g/mol. The first-order valence-corrected chi connectivity index (χ1v) is 5.99. The van der Waals surface area contributed by atoms with Gasteiger partial charge in [-0.05, 0) is 24.8 Å². The number of hydrogen-bond donors (Lipinski definition) is 1. The highest BCUT2D eigenvalue weighted by atomic mass is 16.4. The summed E-state index contributed by atoms with van der Waals surface area (Å²) >= 11 is 0. The first kappa shape index (κ1) is 12.9. The minimum absolute atomic E-state index is 0.0781. The van der Waals surface area contributed by atoms with Gasteiger partial charge >= 0.3 is 5.97 Å². The lowest BCUT2D eigenvalue weighted by Gasteiger charge is -2.23. The van der Waals surface area contributed by atoms with Gasteiger partial charge in [-0.15, -0.1) is 0 Å². The second-order valence-corrected chi connectivity index (χ2v) is 4.61. The summed E-state index contributed by atoms with van der Waals surface area (Å²) in [5.74, 6) is -0.337. The van der Waals surface area contributed by atoms with Gasteiger partial charge in [-0.25, -0.2) is 0 Å². The van der Waals surface area contributed by atoms with Crippen molar-refractivity contribution in [3.8, 4) is 0 Å². The number of benzene rings is 1. The second kappa shape index (κ2) is 5.41. The molecule has 1 aliphatic rings. The zero-order valence-electron chi connectivity index (χ0n) is 10.3. The summed E-state index contributed by atoms with van der Waals surface area (Å²) < 4.78 is 0. The van der Waals surface area contributed by atoms with Gasteiger partial charge in [-0.2, -0.15) is 0 Å². The molecular formula is C14H13N3O2. The summed E-state index contributed by atoms with van der Waals surface area (Å²) in [5.41, 5.74) is 1.28. The van der Waals surface area contributed by atoms with Gasteiger partial charge in [0.05, 0.1) is 13.1 Å². The van der Waals surface area contributed by atoms with Crippen molar-refractivity contribution in [2.24, 2.45) is 5.92 Å². The largest absolute Gasteiger partial charge is 0.480 e. The quantitative estimate of drug-likeness (QED) is 0.822. The van der Waals surface area contributed by atoms with Crippen molar-refractivity contribution in [1.29, 1.82) is 0 Å². The molecule has 0 heterocycles. The smallest absolute Gasteiger partial charge is 0.323 e. The highest BCUT2D eigenvalue weighted by Crippen LogP contribution is 2.35. The van der Waals surface area contributed by atoms with Gasteiger partial charge in [-0.3, -0.25) is 14.5 Å². The van der Waals surface area contributed by atoms with Gasteiger partial charge in [-0.1, -0.05) is 12.1 Å². The number of carboxylic acid groups (broad SMARTS) is 1. The van der Waals surface area contributed by atoms with E-state index >= 15 is 0 Å². The molecule has 1 N–H and O–H groups in total. The highest BCUT2D eigenvalue weighted by molar-refractivity contribution is 5.78. The molecule has 0 aliphatic heterocycles. The lowest BCUT2D eigenvalue weighted by molar-refractivity contribution is -0.135. The maximum Gasteiger partial charge on any atom is 0.323 e. The summed E-state index contributed by atoms with van der Waals surface area (Å²) in [6, 6.07) is 4.90. The van der Waals surface area contributed by atoms with E-state index in [2.05, 4.69) is 9.69 Å². The fourth-order valence-electron chi connectivity index (χ4n) is 1.93. The van der Waals surface area contributed by atoms with E-state index in [1.807, 2.05) is 0 Å². The van der Waals surface area contributed by atoms with Crippen molar-refractivity contribution >= 4 is 23.0 Å². The molecule has 5 heteroatoms. The average Bonchev–Trinajstić information content (AvgIpc) is 3.20. The number of rotatable bonds is 5. The number of carboxylic acids is 1. The molecular weight excluding hydrogens is 242 g/mol. The summed E-state index contributed by atoms with van der Waals surface area (Å²) in [7, 11) is 0. The van der Waals surface area contributed by atoms with Crippen molar-refractivity contribution in [2.75, 3.05) is 18.0 Å². The van der Waals surface area contributed by atoms with Crippen molar-refractivity contribution in [3.05, 3.63) is 41.0 Å². The molecule has 0 amide bonds. The van der Waals surface area contributed by atoms with Crippen LogP contribution in [0, 0.1) is 19.1 Å². The second-order valence-electron chi connectivity index (χ2n) is 4.61. The van der Waals surface area contributed by atoms with E-state index in [-0.39, 0.29) is 12.2 Å². The fraction of sp³-hybridized carbons (Fsp3) is 0.357. The van der Waals surface area contributed by atoms with E-state index in [9.17, 15) is 4.79 Å². The van der Waals surface area contributed by atoms with Gasteiger partial charge < -0.3 is 10.0 Å². The predicted octanol–water partition coefficient (Wildman–Crippen LogP) is 3.09. The van der Waals surface area contributed by atoms with Crippen molar-refractivity contribution in [3.63, 3.8) is 0 Å². The Hall–Kier alpha value is -2.53. The minimum atomic E-state index is -0.890. The molecule has 1 fully saturated rings. The first-order chi connectivity index (χ1) is 9.13. The summed E-state index contributed by atoms with van der Waals surface area (Å²) in [6.45, 7) is 14.7. The molecule has 2 rings (SSSR count). The molecule has 0 bridgehead atoms. The zero-order chi connectivity index (χ0) is 13.8. The third-order valence-electron chi connectivity index (χ3n) is 3.07. The number of nitrogens with zero attached hydrogens (tertiary/aromatic N) is 3. The van der Waals surface area contributed by atoms with Crippen molar-refractivity contribution in [1.82, 2.24) is 0 Å². The standard InChI is InChI=1S/C14H13N3O2/c1-15-12-6-5-11(7-13(12)16-2)17(9-14(18)19)8-10-3-4-10/h5-7,10H,3-4,8-9H2,(H,18,19). The number of anilines is 1. The summed E-state index contributed by atoms with van der Waals surface area (Å²) in [4.78, 5) is 19.3. The van der Waals surface area contributed by atoms with Gasteiger partial charge in [0.1, 0.15) is 6.54 Å². The Kier molecular flexibility index (Phi) is 3.68. The SMILES string of the molecule is [C-]#[N+]c1ccc(N(CC(=O)O)CC2CC2)cc1[N+]#[C-]. The molecule has 96 valence electrons. The fourth-order valence-corrected chi connectivity index (χ4v) is 1.93. The Morgan fingerprint density at radius 3 is 2.53 bits per heavy atom. The van der Waals surface area contributed by atoms with Crippen LogP contribution in [0.3, 0.4) is 0 Å². The summed E-state index contributed by atoms with van der Waals surface area (Å²) in [6.07, 6.45) is 2.26. The molecule has 0 saturated heterocycles. The molecule has 0 atom stereocenters. The lowest BCUT2D eigenvalue weighted by atomic mass is 10.2. The molecule has 0 unspecified atom stereocenters. The zero-order valence-corrected chi connectivity index (χ0v) is 10.3. The predicted molar refractivity (Wildman–Crippen MR) is 71.5 cm³/mol. The molecule has 1 aliphatic carbocycles. The highest BCUT2D eigenvalue weighted by Gasteiger charge is 2.25. The maximum atomic E-state index is 10.9. The molecule has 19 heavy (non-hydrogen) atoms. The van der Waals surface area contributed by atoms with Crippen molar-refractivity contribution < 1.29 is 9.90 Å².